The molecular weight excluding hydrogens is 278 g/mol. The van der Waals surface area contributed by atoms with Gasteiger partial charge >= 0.3 is 5.97 Å². The molecule has 1 aromatic heterocycles. The van der Waals surface area contributed by atoms with Gasteiger partial charge in [-0.1, -0.05) is 11.6 Å². The van der Waals surface area contributed by atoms with Gasteiger partial charge in [-0.3, -0.25) is 9.48 Å². The second-order valence-corrected chi connectivity index (χ2v) is 5.80. The van der Waals surface area contributed by atoms with E-state index in [9.17, 15) is 4.79 Å². The summed E-state index contributed by atoms with van der Waals surface area (Å²) in [5.74, 6) is -0.402. The fraction of sp³-hybridized carbons (Fsp3) is 0.357. The van der Waals surface area contributed by atoms with Crippen molar-refractivity contribution < 1.29 is 9.53 Å². The van der Waals surface area contributed by atoms with Crippen molar-refractivity contribution in [2.75, 3.05) is 0 Å². The summed E-state index contributed by atoms with van der Waals surface area (Å²) in [6.45, 7) is 5.35. The van der Waals surface area contributed by atoms with E-state index in [0.717, 1.165) is 0 Å². The van der Waals surface area contributed by atoms with Crippen molar-refractivity contribution in [1.82, 2.24) is 9.78 Å². The molecule has 0 unspecified atom stereocenters. The number of benzene rings is 1. The fourth-order valence-electron chi connectivity index (χ4n) is 1.85. The Balaban J connectivity index is 2.36. The van der Waals surface area contributed by atoms with Gasteiger partial charge in [0, 0.05) is 10.4 Å². The van der Waals surface area contributed by atoms with Crippen molar-refractivity contribution in [2.24, 2.45) is 0 Å². The Hall–Kier alpha value is -2.06. The zero-order valence-corrected chi connectivity index (χ0v) is 12.2. The highest BCUT2D eigenvalue weighted by Gasteiger charge is 2.19. The Morgan fingerprint density at radius 2 is 2.20 bits per heavy atom. The maximum Gasteiger partial charge on any atom is 0.328 e. The van der Waals surface area contributed by atoms with Crippen LogP contribution in [-0.2, 0) is 16.1 Å². The number of rotatable bonds is 2. The minimum absolute atomic E-state index is 0.0446. The largest absolute Gasteiger partial charge is 0.459 e. The lowest BCUT2D eigenvalue weighted by atomic mass is 10.2. The molecule has 0 saturated carbocycles. The summed E-state index contributed by atoms with van der Waals surface area (Å²) in [7, 11) is 0. The zero-order valence-electron chi connectivity index (χ0n) is 11.5. The standard InChI is InChI=1S/C14H14ClN3O2/c1-14(2,3)20-13(19)8-18-12-5-4-9(15)6-10(12)11(7-16)17-18/h4-6H,8H2,1-3H3. The Morgan fingerprint density at radius 3 is 2.80 bits per heavy atom. The van der Waals surface area contributed by atoms with Crippen molar-refractivity contribution in [3.8, 4) is 6.07 Å². The van der Waals surface area contributed by atoms with Gasteiger partial charge in [-0.25, -0.2) is 0 Å². The molecule has 0 atom stereocenters. The van der Waals surface area contributed by atoms with E-state index in [1.165, 1.54) is 4.68 Å². The van der Waals surface area contributed by atoms with E-state index in [0.29, 0.717) is 15.9 Å². The number of nitrogens with zero attached hydrogens (tertiary/aromatic N) is 3. The summed E-state index contributed by atoms with van der Waals surface area (Å²) in [4.78, 5) is 11.8. The van der Waals surface area contributed by atoms with Crippen LogP contribution in [0.3, 0.4) is 0 Å². The van der Waals surface area contributed by atoms with Crippen LogP contribution in [0.25, 0.3) is 10.9 Å². The number of carbonyl (C=O) groups excluding carboxylic acids is 1. The maximum atomic E-state index is 11.8. The van der Waals surface area contributed by atoms with E-state index < -0.39 is 11.6 Å². The number of halogens is 1. The minimum Gasteiger partial charge on any atom is -0.459 e. The Morgan fingerprint density at radius 1 is 1.50 bits per heavy atom. The Kier molecular flexibility index (Phi) is 3.69. The topological polar surface area (TPSA) is 67.9 Å². The van der Waals surface area contributed by atoms with Crippen LogP contribution in [0.4, 0.5) is 0 Å². The SMILES string of the molecule is CC(C)(C)OC(=O)Cn1nc(C#N)c2cc(Cl)ccc21. The average molecular weight is 292 g/mol. The van der Waals surface area contributed by atoms with Crippen LogP contribution >= 0.6 is 11.6 Å². The summed E-state index contributed by atoms with van der Waals surface area (Å²) in [6.07, 6.45) is 0. The van der Waals surface area contributed by atoms with Gasteiger partial charge < -0.3 is 4.74 Å². The molecule has 5 nitrogen and oxygen atoms in total. The predicted molar refractivity (Wildman–Crippen MR) is 75.3 cm³/mol. The van der Waals surface area contributed by atoms with Crippen molar-refractivity contribution >= 4 is 28.5 Å². The van der Waals surface area contributed by atoms with Crippen LogP contribution < -0.4 is 0 Å². The first kappa shape index (κ1) is 14.4. The highest BCUT2D eigenvalue weighted by atomic mass is 35.5. The second kappa shape index (κ2) is 5.14. The fourth-order valence-corrected chi connectivity index (χ4v) is 2.02. The second-order valence-electron chi connectivity index (χ2n) is 5.37. The van der Waals surface area contributed by atoms with Crippen molar-refractivity contribution in [2.45, 2.75) is 32.9 Å². The Bertz CT molecular complexity index is 708. The number of nitriles is 1. The number of hydrogen-bond acceptors (Lipinski definition) is 4. The number of aromatic nitrogens is 2. The first-order chi connectivity index (χ1) is 9.30. The smallest absolute Gasteiger partial charge is 0.328 e. The molecule has 1 heterocycles. The van der Waals surface area contributed by atoms with E-state index in [2.05, 4.69) is 5.10 Å². The van der Waals surface area contributed by atoms with Gasteiger partial charge in [-0.05, 0) is 39.0 Å². The third-order valence-electron chi connectivity index (χ3n) is 2.52. The first-order valence-electron chi connectivity index (χ1n) is 6.08. The predicted octanol–water partition coefficient (Wildman–Crippen LogP) is 2.90. The monoisotopic (exact) mass is 291 g/mol. The molecule has 20 heavy (non-hydrogen) atoms. The summed E-state index contributed by atoms with van der Waals surface area (Å²) >= 11 is 5.91. The minimum atomic E-state index is -0.554. The van der Waals surface area contributed by atoms with Crippen LogP contribution in [0, 0.1) is 11.3 Å². The molecular formula is C14H14ClN3O2. The highest BCUT2D eigenvalue weighted by Crippen LogP contribution is 2.22. The van der Waals surface area contributed by atoms with E-state index in [-0.39, 0.29) is 12.2 Å². The number of ether oxygens (including phenoxy) is 1. The number of carbonyl (C=O) groups is 1. The van der Waals surface area contributed by atoms with E-state index >= 15 is 0 Å². The normalized spacial score (nSPS) is 11.3. The summed E-state index contributed by atoms with van der Waals surface area (Å²) in [5.41, 5.74) is 0.365. The molecule has 0 bridgehead atoms. The highest BCUT2D eigenvalue weighted by molar-refractivity contribution is 6.31. The maximum absolute atomic E-state index is 11.8. The molecule has 0 fully saturated rings. The van der Waals surface area contributed by atoms with Gasteiger partial charge in [-0.2, -0.15) is 10.4 Å². The van der Waals surface area contributed by atoms with Crippen LogP contribution in [0.2, 0.25) is 5.02 Å². The number of hydrogen-bond donors (Lipinski definition) is 0. The molecule has 0 spiro atoms. The molecule has 0 aliphatic carbocycles. The molecule has 1 aromatic carbocycles. The van der Waals surface area contributed by atoms with Gasteiger partial charge in [0.25, 0.3) is 0 Å². The molecule has 0 saturated heterocycles. The number of fused-ring (bicyclic) bond motifs is 1. The lowest BCUT2D eigenvalue weighted by molar-refractivity contribution is -0.155. The summed E-state index contributed by atoms with van der Waals surface area (Å²) in [5, 5.41) is 14.3. The molecule has 0 amide bonds. The van der Waals surface area contributed by atoms with Crippen molar-refractivity contribution in [3.05, 3.63) is 28.9 Å². The van der Waals surface area contributed by atoms with Crippen LogP contribution in [-0.4, -0.2) is 21.4 Å². The number of esters is 1. The van der Waals surface area contributed by atoms with Gasteiger partial charge in [0.2, 0.25) is 0 Å². The van der Waals surface area contributed by atoms with Crippen molar-refractivity contribution in [3.63, 3.8) is 0 Å². The van der Waals surface area contributed by atoms with Crippen LogP contribution in [0.15, 0.2) is 18.2 Å². The van der Waals surface area contributed by atoms with Gasteiger partial charge in [0.15, 0.2) is 5.69 Å². The molecule has 0 aliphatic heterocycles. The Labute approximate surface area is 121 Å². The van der Waals surface area contributed by atoms with E-state index in [4.69, 9.17) is 21.6 Å². The lowest BCUT2D eigenvalue weighted by Gasteiger charge is -2.19. The van der Waals surface area contributed by atoms with Gasteiger partial charge in [0.05, 0.1) is 5.52 Å². The molecule has 0 radical (unpaired) electrons. The van der Waals surface area contributed by atoms with E-state index in [1.54, 1.807) is 39.0 Å². The summed E-state index contributed by atoms with van der Waals surface area (Å²) < 4.78 is 6.71. The van der Waals surface area contributed by atoms with Crippen molar-refractivity contribution in [1.29, 1.82) is 5.26 Å². The van der Waals surface area contributed by atoms with Gasteiger partial charge in [0.1, 0.15) is 18.2 Å². The summed E-state index contributed by atoms with van der Waals surface area (Å²) in [6, 6.07) is 7.08. The molecule has 104 valence electrons. The molecule has 6 heteroatoms. The molecule has 2 aromatic rings. The lowest BCUT2D eigenvalue weighted by Crippen LogP contribution is -2.26. The average Bonchev–Trinajstić information content (AvgIpc) is 2.64. The third-order valence-corrected chi connectivity index (χ3v) is 2.75. The zero-order chi connectivity index (χ0) is 14.9. The van der Waals surface area contributed by atoms with Gasteiger partial charge in [-0.15, -0.1) is 0 Å². The molecule has 2 rings (SSSR count). The van der Waals surface area contributed by atoms with Crippen LogP contribution in [0.1, 0.15) is 26.5 Å². The quantitative estimate of drug-likeness (QED) is 0.798. The van der Waals surface area contributed by atoms with E-state index in [1.807, 2.05) is 6.07 Å². The van der Waals surface area contributed by atoms with Crippen LogP contribution in [0.5, 0.6) is 0 Å². The third kappa shape index (κ3) is 3.09. The molecule has 0 N–H and O–H groups in total. The molecule has 0 aliphatic rings. The first-order valence-corrected chi connectivity index (χ1v) is 6.46.